The molecule has 2 amide bonds. The molecule has 6 nitrogen and oxygen atoms in total. The van der Waals surface area contributed by atoms with Crippen LogP contribution >= 0.6 is 0 Å². The van der Waals surface area contributed by atoms with Crippen molar-refractivity contribution in [2.75, 3.05) is 45.2 Å². The zero-order valence-electron chi connectivity index (χ0n) is 14.6. The second-order valence-corrected chi connectivity index (χ2v) is 5.62. The van der Waals surface area contributed by atoms with E-state index in [9.17, 15) is 9.59 Å². The lowest BCUT2D eigenvalue weighted by Crippen LogP contribution is -3.14. The lowest BCUT2D eigenvalue weighted by molar-refractivity contribution is -0.884. The van der Waals surface area contributed by atoms with E-state index in [2.05, 4.69) is 16.6 Å². The van der Waals surface area contributed by atoms with Gasteiger partial charge < -0.3 is 20.3 Å². The third-order valence-corrected chi connectivity index (χ3v) is 3.75. The van der Waals surface area contributed by atoms with Gasteiger partial charge in [0.2, 0.25) is 0 Å². The van der Waals surface area contributed by atoms with E-state index < -0.39 is 0 Å². The largest absolute Gasteiger partial charge is 0.379 e. The van der Waals surface area contributed by atoms with Crippen molar-refractivity contribution in [3.8, 4) is 12.3 Å². The predicted octanol–water partition coefficient (Wildman–Crippen LogP) is -0.477. The van der Waals surface area contributed by atoms with Gasteiger partial charge in [-0.25, -0.2) is 0 Å². The number of anilines is 1. The summed E-state index contributed by atoms with van der Waals surface area (Å²) >= 11 is 0. The number of nitrogens with one attached hydrogen (secondary N) is 3. The standard InChI is InChI=1S/C18H25N3O3/c1-5-9-19-17(22)12-21(10-11-24-4)13-18(23)20-16-8-6-7-14(2)15(16)3/h1,6-8H,9-13H2,2-4H3,(H,19,22)(H,20,23)/p+1. The molecule has 0 fully saturated rings. The molecule has 0 aliphatic rings. The van der Waals surface area contributed by atoms with Gasteiger partial charge in [-0.2, -0.15) is 0 Å². The summed E-state index contributed by atoms with van der Waals surface area (Å²) in [6.07, 6.45) is 5.13. The van der Waals surface area contributed by atoms with Crippen molar-refractivity contribution < 1.29 is 19.2 Å². The van der Waals surface area contributed by atoms with Gasteiger partial charge >= 0.3 is 0 Å². The van der Waals surface area contributed by atoms with Crippen LogP contribution in [0, 0.1) is 26.2 Å². The molecule has 6 heteroatoms. The highest BCUT2D eigenvalue weighted by molar-refractivity contribution is 5.92. The molecule has 130 valence electrons. The third kappa shape index (κ3) is 6.82. The molecule has 3 N–H and O–H groups in total. The molecule has 0 radical (unpaired) electrons. The van der Waals surface area contributed by atoms with Crippen molar-refractivity contribution in [1.29, 1.82) is 0 Å². The first-order valence-electron chi connectivity index (χ1n) is 7.86. The summed E-state index contributed by atoms with van der Waals surface area (Å²) in [5.41, 5.74) is 2.95. The molecule has 0 aromatic heterocycles. The summed E-state index contributed by atoms with van der Waals surface area (Å²) in [6.45, 7) is 5.52. The maximum Gasteiger partial charge on any atom is 0.279 e. The monoisotopic (exact) mass is 332 g/mol. The van der Waals surface area contributed by atoms with Gasteiger partial charge in [-0.15, -0.1) is 6.42 Å². The van der Waals surface area contributed by atoms with E-state index in [0.717, 1.165) is 21.7 Å². The number of amides is 2. The Labute approximate surface area is 143 Å². The molecule has 1 unspecified atom stereocenters. The number of rotatable bonds is 9. The Bertz CT molecular complexity index is 608. The highest BCUT2D eigenvalue weighted by atomic mass is 16.5. The second kappa shape index (κ2) is 10.4. The zero-order valence-corrected chi connectivity index (χ0v) is 14.6. The predicted molar refractivity (Wildman–Crippen MR) is 93.8 cm³/mol. The van der Waals surface area contributed by atoms with Gasteiger partial charge in [0.25, 0.3) is 11.8 Å². The quantitative estimate of drug-likeness (QED) is 0.535. The summed E-state index contributed by atoms with van der Waals surface area (Å²) < 4.78 is 5.05. The average Bonchev–Trinajstić information content (AvgIpc) is 2.55. The first-order chi connectivity index (χ1) is 11.5. The van der Waals surface area contributed by atoms with E-state index in [1.54, 1.807) is 7.11 Å². The van der Waals surface area contributed by atoms with Crippen LogP contribution < -0.4 is 15.5 Å². The van der Waals surface area contributed by atoms with Crippen LogP contribution in [0.2, 0.25) is 0 Å². The number of quaternary nitrogens is 1. The van der Waals surface area contributed by atoms with Crippen molar-refractivity contribution in [2.45, 2.75) is 13.8 Å². The summed E-state index contributed by atoms with van der Waals surface area (Å²) in [5.74, 6) is 2.03. The minimum atomic E-state index is -0.182. The first kappa shape index (κ1) is 19.7. The Kier molecular flexibility index (Phi) is 8.55. The minimum absolute atomic E-state index is 0.139. The molecule has 1 atom stereocenters. The number of hydrogen-bond acceptors (Lipinski definition) is 3. The molecular weight excluding hydrogens is 306 g/mol. The fourth-order valence-corrected chi connectivity index (χ4v) is 2.23. The van der Waals surface area contributed by atoms with Crippen molar-refractivity contribution in [2.24, 2.45) is 0 Å². The number of hydrogen-bond donors (Lipinski definition) is 3. The maximum atomic E-state index is 12.3. The topological polar surface area (TPSA) is 71.9 Å². The SMILES string of the molecule is C#CCNC(=O)C[NH+](CCOC)CC(=O)Nc1cccc(C)c1C. The van der Waals surface area contributed by atoms with Gasteiger partial charge in [-0.3, -0.25) is 9.59 Å². The van der Waals surface area contributed by atoms with Crippen LogP contribution in [-0.2, 0) is 14.3 Å². The fraction of sp³-hybridized carbons (Fsp3) is 0.444. The Morgan fingerprint density at radius 2 is 1.96 bits per heavy atom. The Balaban J connectivity index is 2.64. The molecule has 0 spiro atoms. The van der Waals surface area contributed by atoms with E-state index in [4.69, 9.17) is 11.2 Å². The highest BCUT2D eigenvalue weighted by Crippen LogP contribution is 2.17. The van der Waals surface area contributed by atoms with Crippen LogP contribution in [0.1, 0.15) is 11.1 Å². The van der Waals surface area contributed by atoms with Crippen LogP contribution in [0.25, 0.3) is 0 Å². The Morgan fingerprint density at radius 1 is 1.25 bits per heavy atom. The number of carbonyl (C=O) groups excluding carboxylic acids is 2. The molecule has 0 bridgehead atoms. The van der Waals surface area contributed by atoms with Gasteiger partial charge in [0.15, 0.2) is 13.1 Å². The number of methoxy groups -OCH3 is 1. The summed E-state index contributed by atoms with van der Waals surface area (Å²) in [5, 5.41) is 5.52. The van der Waals surface area contributed by atoms with Crippen molar-refractivity contribution in [1.82, 2.24) is 5.32 Å². The van der Waals surface area contributed by atoms with E-state index in [-0.39, 0.29) is 31.4 Å². The lowest BCUT2D eigenvalue weighted by atomic mass is 10.1. The van der Waals surface area contributed by atoms with Gasteiger partial charge in [-0.1, -0.05) is 18.1 Å². The minimum Gasteiger partial charge on any atom is -0.379 e. The molecule has 1 aromatic rings. The van der Waals surface area contributed by atoms with Gasteiger partial charge in [0.1, 0.15) is 6.54 Å². The average molecular weight is 332 g/mol. The number of terminal acetylenes is 1. The smallest absolute Gasteiger partial charge is 0.279 e. The Hall–Kier alpha value is -2.36. The molecule has 0 saturated heterocycles. The number of ether oxygens (including phenoxy) is 1. The van der Waals surface area contributed by atoms with Gasteiger partial charge in [0.05, 0.1) is 13.2 Å². The molecule has 0 heterocycles. The van der Waals surface area contributed by atoms with Crippen molar-refractivity contribution in [3.05, 3.63) is 29.3 Å². The highest BCUT2D eigenvalue weighted by Gasteiger charge is 2.18. The number of carbonyl (C=O) groups is 2. The molecular formula is C18H26N3O3+. The van der Waals surface area contributed by atoms with Crippen LogP contribution in [-0.4, -0.2) is 51.7 Å². The summed E-state index contributed by atoms with van der Waals surface area (Å²) in [6, 6.07) is 5.77. The van der Waals surface area contributed by atoms with E-state index >= 15 is 0 Å². The van der Waals surface area contributed by atoms with E-state index in [1.807, 2.05) is 32.0 Å². The third-order valence-electron chi connectivity index (χ3n) is 3.75. The Morgan fingerprint density at radius 3 is 2.62 bits per heavy atom. The summed E-state index contributed by atoms with van der Waals surface area (Å²) in [7, 11) is 1.59. The molecule has 24 heavy (non-hydrogen) atoms. The zero-order chi connectivity index (χ0) is 17.9. The fourth-order valence-electron chi connectivity index (χ4n) is 2.23. The molecule has 0 aliphatic carbocycles. The second-order valence-electron chi connectivity index (χ2n) is 5.62. The van der Waals surface area contributed by atoms with Crippen LogP contribution in [0.15, 0.2) is 18.2 Å². The normalized spacial score (nSPS) is 11.4. The van der Waals surface area contributed by atoms with E-state index in [1.165, 1.54) is 0 Å². The lowest BCUT2D eigenvalue weighted by Gasteiger charge is -2.18. The maximum absolute atomic E-state index is 12.3. The van der Waals surface area contributed by atoms with Crippen molar-refractivity contribution >= 4 is 17.5 Å². The first-order valence-corrected chi connectivity index (χ1v) is 7.86. The summed E-state index contributed by atoms with van der Waals surface area (Å²) in [4.78, 5) is 24.9. The van der Waals surface area contributed by atoms with E-state index in [0.29, 0.717) is 13.2 Å². The van der Waals surface area contributed by atoms with Crippen molar-refractivity contribution in [3.63, 3.8) is 0 Å². The molecule has 0 aliphatic heterocycles. The van der Waals surface area contributed by atoms with Gasteiger partial charge in [0, 0.05) is 12.8 Å². The number of aryl methyl sites for hydroxylation is 1. The number of benzene rings is 1. The van der Waals surface area contributed by atoms with Crippen LogP contribution in [0.5, 0.6) is 0 Å². The van der Waals surface area contributed by atoms with Gasteiger partial charge in [-0.05, 0) is 31.0 Å². The molecule has 1 aromatic carbocycles. The van der Waals surface area contributed by atoms with Crippen LogP contribution in [0.4, 0.5) is 5.69 Å². The molecule has 0 saturated carbocycles. The van der Waals surface area contributed by atoms with Crippen LogP contribution in [0.3, 0.4) is 0 Å². The molecule has 1 rings (SSSR count).